The van der Waals surface area contributed by atoms with E-state index in [2.05, 4.69) is 0 Å². The average Bonchev–Trinajstić information content (AvgIpc) is 2.76. The Morgan fingerprint density at radius 2 is 2.06 bits per heavy atom. The molecular formula is C14H15NO3. The molecule has 0 saturated heterocycles. The molecule has 0 atom stereocenters. The van der Waals surface area contributed by atoms with Gasteiger partial charge < -0.3 is 9.67 Å². The summed E-state index contributed by atoms with van der Waals surface area (Å²) in [6, 6.07) is 7.51. The molecule has 0 unspecified atom stereocenters. The predicted molar refractivity (Wildman–Crippen MR) is 68.7 cm³/mol. The highest BCUT2D eigenvalue weighted by molar-refractivity contribution is 6.35. The first-order valence-corrected chi connectivity index (χ1v) is 5.96. The van der Waals surface area contributed by atoms with Crippen molar-refractivity contribution in [3.05, 3.63) is 36.2 Å². The number of unbranched alkanes of at least 4 members (excludes halogenated alkanes) is 1. The van der Waals surface area contributed by atoms with Crippen molar-refractivity contribution < 1.29 is 14.7 Å². The van der Waals surface area contributed by atoms with Gasteiger partial charge in [-0.1, -0.05) is 24.3 Å². The number of hydrogen-bond acceptors (Lipinski definition) is 3. The van der Waals surface area contributed by atoms with Gasteiger partial charge in [0.1, 0.15) is 5.69 Å². The molecule has 4 nitrogen and oxygen atoms in total. The van der Waals surface area contributed by atoms with E-state index in [1.807, 2.05) is 30.5 Å². The van der Waals surface area contributed by atoms with E-state index < -0.39 is 5.78 Å². The van der Waals surface area contributed by atoms with Gasteiger partial charge >= 0.3 is 0 Å². The largest absolute Gasteiger partial charge is 0.396 e. The monoisotopic (exact) mass is 245 g/mol. The molecule has 0 fully saturated rings. The summed E-state index contributed by atoms with van der Waals surface area (Å²) in [6.07, 6.45) is 3.69. The van der Waals surface area contributed by atoms with Gasteiger partial charge in [0.25, 0.3) is 0 Å². The molecule has 0 amide bonds. The van der Waals surface area contributed by atoms with Crippen LogP contribution in [0.25, 0.3) is 10.8 Å². The van der Waals surface area contributed by atoms with E-state index in [0.29, 0.717) is 24.9 Å². The predicted octanol–water partition coefficient (Wildman–Crippen LogP) is 1.80. The van der Waals surface area contributed by atoms with Gasteiger partial charge in [-0.15, -0.1) is 0 Å². The van der Waals surface area contributed by atoms with Crippen LogP contribution in [0.2, 0.25) is 0 Å². The van der Waals surface area contributed by atoms with Crippen LogP contribution in [0.5, 0.6) is 0 Å². The summed E-state index contributed by atoms with van der Waals surface area (Å²) in [5.74, 6) is -0.500. The van der Waals surface area contributed by atoms with Gasteiger partial charge in [-0.2, -0.15) is 0 Å². The third-order valence-electron chi connectivity index (χ3n) is 2.95. The normalized spacial score (nSPS) is 10.7. The number of carbonyl (C=O) groups is 2. The molecule has 1 N–H and O–H groups in total. The number of aromatic nitrogens is 1. The third kappa shape index (κ3) is 2.33. The molecule has 18 heavy (non-hydrogen) atoms. The first-order chi connectivity index (χ1) is 8.77. The second-order valence-corrected chi connectivity index (χ2v) is 4.17. The summed E-state index contributed by atoms with van der Waals surface area (Å²) in [5.41, 5.74) is 0.443. The number of benzene rings is 1. The molecule has 1 aromatic carbocycles. The maximum absolute atomic E-state index is 11.7. The van der Waals surface area contributed by atoms with E-state index in [9.17, 15) is 9.59 Å². The minimum absolute atomic E-state index is 0.137. The number of ketones is 1. The fourth-order valence-electron chi connectivity index (χ4n) is 2.11. The van der Waals surface area contributed by atoms with Crippen molar-refractivity contribution in [3.8, 4) is 0 Å². The standard InChI is InChI=1S/C14H15NO3/c16-8-4-3-7-15-9-11-5-1-2-6-12(11)14(15)13(18)10-17/h1-2,5-6,9-10,16H,3-4,7-8H2. The number of Topliss-reactive ketones (excluding diaryl/α,β-unsaturated/α-hetero) is 1. The van der Waals surface area contributed by atoms with Crippen molar-refractivity contribution >= 4 is 22.8 Å². The summed E-state index contributed by atoms with van der Waals surface area (Å²) >= 11 is 0. The van der Waals surface area contributed by atoms with Gasteiger partial charge in [-0.25, -0.2) is 0 Å². The van der Waals surface area contributed by atoms with Gasteiger partial charge in [0.15, 0.2) is 6.29 Å². The zero-order valence-electron chi connectivity index (χ0n) is 10.0. The first kappa shape index (κ1) is 12.5. The van der Waals surface area contributed by atoms with Crippen LogP contribution in [0.15, 0.2) is 30.5 Å². The van der Waals surface area contributed by atoms with Crippen LogP contribution in [0.4, 0.5) is 0 Å². The van der Waals surface area contributed by atoms with Crippen LogP contribution in [0.3, 0.4) is 0 Å². The molecule has 0 aliphatic heterocycles. The molecule has 94 valence electrons. The number of aliphatic hydroxyl groups is 1. The van der Waals surface area contributed by atoms with Crippen molar-refractivity contribution in [1.29, 1.82) is 0 Å². The van der Waals surface area contributed by atoms with Crippen molar-refractivity contribution in [3.63, 3.8) is 0 Å². The Morgan fingerprint density at radius 3 is 2.78 bits per heavy atom. The molecule has 0 saturated carbocycles. The van der Waals surface area contributed by atoms with Crippen molar-refractivity contribution in [2.75, 3.05) is 6.61 Å². The lowest BCUT2D eigenvalue weighted by Gasteiger charge is -2.05. The molecular weight excluding hydrogens is 230 g/mol. The van der Waals surface area contributed by atoms with Crippen molar-refractivity contribution in [2.24, 2.45) is 0 Å². The highest BCUT2D eigenvalue weighted by atomic mass is 16.3. The van der Waals surface area contributed by atoms with Crippen molar-refractivity contribution in [1.82, 2.24) is 4.57 Å². The number of aryl methyl sites for hydroxylation is 1. The third-order valence-corrected chi connectivity index (χ3v) is 2.95. The second kappa shape index (κ2) is 5.60. The SMILES string of the molecule is O=CC(=O)c1c2ccccc2cn1CCCCO. The molecule has 0 bridgehead atoms. The van der Waals surface area contributed by atoms with Crippen molar-refractivity contribution in [2.45, 2.75) is 19.4 Å². The lowest BCUT2D eigenvalue weighted by Crippen LogP contribution is -2.10. The molecule has 2 rings (SSSR count). The number of carbonyl (C=O) groups excluding carboxylic acids is 2. The quantitative estimate of drug-likeness (QED) is 0.365. The number of nitrogens with zero attached hydrogens (tertiary/aromatic N) is 1. The molecule has 4 heteroatoms. The van der Waals surface area contributed by atoms with Gasteiger partial charge in [-0.3, -0.25) is 9.59 Å². The van der Waals surface area contributed by atoms with Gasteiger partial charge in [0, 0.05) is 30.1 Å². The van der Waals surface area contributed by atoms with E-state index in [-0.39, 0.29) is 6.61 Å². The topological polar surface area (TPSA) is 59.3 Å². The lowest BCUT2D eigenvalue weighted by molar-refractivity contribution is -0.104. The summed E-state index contributed by atoms with van der Waals surface area (Å²) in [4.78, 5) is 22.4. The minimum Gasteiger partial charge on any atom is -0.396 e. The smallest absolute Gasteiger partial charge is 0.242 e. The maximum atomic E-state index is 11.7. The Kier molecular flexibility index (Phi) is 3.89. The lowest BCUT2D eigenvalue weighted by atomic mass is 10.1. The average molecular weight is 245 g/mol. The summed E-state index contributed by atoms with van der Waals surface area (Å²) in [7, 11) is 0. The zero-order chi connectivity index (χ0) is 13.0. The number of hydrogen-bond donors (Lipinski definition) is 1. The fourth-order valence-corrected chi connectivity index (χ4v) is 2.11. The molecule has 0 spiro atoms. The van der Waals surface area contributed by atoms with E-state index in [0.717, 1.165) is 17.2 Å². The van der Waals surface area contributed by atoms with E-state index in [4.69, 9.17) is 5.11 Å². The van der Waals surface area contributed by atoms with Crippen LogP contribution in [0, 0.1) is 0 Å². The van der Waals surface area contributed by atoms with Crippen LogP contribution in [-0.2, 0) is 11.3 Å². The number of rotatable bonds is 6. The van der Waals surface area contributed by atoms with E-state index in [1.165, 1.54) is 0 Å². The molecule has 0 radical (unpaired) electrons. The maximum Gasteiger partial charge on any atom is 0.242 e. The molecule has 0 aliphatic rings. The molecule has 1 heterocycles. The number of fused-ring (bicyclic) bond motifs is 1. The summed E-state index contributed by atoms with van der Waals surface area (Å²) in [5, 5.41) is 10.5. The second-order valence-electron chi connectivity index (χ2n) is 4.17. The Balaban J connectivity index is 2.43. The summed E-state index contributed by atoms with van der Waals surface area (Å²) < 4.78 is 1.80. The van der Waals surface area contributed by atoms with Gasteiger partial charge in [0.2, 0.25) is 5.78 Å². The van der Waals surface area contributed by atoms with Crippen LogP contribution >= 0.6 is 0 Å². The Labute approximate surface area is 105 Å². The van der Waals surface area contributed by atoms with E-state index >= 15 is 0 Å². The van der Waals surface area contributed by atoms with Crippen LogP contribution in [-0.4, -0.2) is 28.3 Å². The van der Waals surface area contributed by atoms with Crippen LogP contribution < -0.4 is 0 Å². The zero-order valence-corrected chi connectivity index (χ0v) is 10.0. The van der Waals surface area contributed by atoms with Gasteiger partial charge in [0.05, 0.1) is 0 Å². The highest BCUT2D eigenvalue weighted by Gasteiger charge is 2.15. The molecule has 0 aliphatic carbocycles. The molecule has 1 aromatic heterocycles. The minimum atomic E-state index is -0.500. The number of aliphatic hydroxyl groups excluding tert-OH is 1. The Hall–Kier alpha value is -1.94. The molecule has 2 aromatic rings. The Morgan fingerprint density at radius 1 is 1.28 bits per heavy atom. The Bertz CT molecular complexity index is 571. The van der Waals surface area contributed by atoms with E-state index in [1.54, 1.807) is 4.57 Å². The van der Waals surface area contributed by atoms with Crippen LogP contribution in [0.1, 0.15) is 23.3 Å². The number of aldehydes is 1. The van der Waals surface area contributed by atoms with Gasteiger partial charge in [-0.05, 0) is 12.8 Å². The highest BCUT2D eigenvalue weighted by Crippen LogP contribution is 2.21. The first-order valence-electron chi connectivity index (χ1n) is 5.96. The summed E-state index contributed by atoms with van der Waals surface area (Å²) in [6.45, 7) is 0.766. The fraction of sp³-hybridized carbons (Fsp3) is 0.286.